The fourth-order valence-corrected chi connectivity index (χ4v) is 4.84. The molecule has 1 aliphatic heterocycles. The highest BCUT2D eigenvalue weighted by Crippen LogP contribution is 2.30. The molecular formula is C17H21N3O5S2. The first-order valence-electron chi connectivity index (χ1n) is 8.27. The van der Waals surface area contributed by atoms with Crippen molar-refractivity contribution in [1.82, 2.24) is 14.9 Å². The lowest BCUT2D eigenvalue weighted by molar-refractivity contribution is 0.0918. The number of nitrogens with zero attached hydrogens (tertiary/aromatic N) is 1. The van der Waals surface area contributed by atoms with E-state index in [0.717, 1.165) is 20.5 Å². The molecule has 0 radical (unpaired) electrons. The van der Waals surface area contributed by atoms with Gasteiger partial charge < -0.3 is 20.1 Å². The molecular weight excluding hydrogens is 390 g/mol. The van der Waals surface area contributed by atoms with Crippen molar-refractivity contribution in [2.45, 2.75) is 16.9 Å². The van der Waals surface area contributed by atoms with Gasteiger partial charge in [-0.2, -0.15) is 0 Å². The van der Waals surface area contributed by atoms with Crippen molar-refractivity contribution in [1.29, 1.82) is 0 Å². The number of ether oxygens (including phenoxy) is 2. The van der Waals surface area contributed by atoms with Crippen LogP contribution in [0, 0.1) is 0 Å². The summed E-state index contributed by atoms with van der Waals surface area (Å²) < 4.78 is 36.9. The molecule has 8 nitrogen and oxygen atoms in total. The molecule has 2 aromatic rings. The van der Waals surface area contributed by atoms with Crippen LogP contribution in [0.4, 0.5) is 4.79 Å². The van der Waals surface area contributed by atoms with E-state index in [-0.39, 0.29) is 22.9 Å². The lowest BCUT2D eigenvalue weighted by Gasteiger charge is -2.26. The highest BCUT2D eigenvalue weighted by molar-refractivity contribution is 7.91. The number of thiophene rings is 1. The normalized spacial score (nSPS) is 16.2. The Labute approximate surface area is 162 Å². The van der Waals surface area contributed by atoms with Crippen LogP contribution >= 0.6 is 11.3 Å². The van der Waals surface area contributed by atoms with Crippen LogP contribution in [0.1, 0.15) is 4.88 Å². The Bertz CT molecular complexity index is 911. The molecule has 0 saturated heterocycles. The van der Waals surface area contributed by atoms with E-state index >= 15 is 0 Å². The first-order chi connectivity index (χ1) is 12.9. The Hall–Kier alpha value is -2.30. The predicted molar refractivity (Wildman–Crippen MR) is 102 cm³/mol. The van der Waals surface area contributed by atoms with E-state index in [1.54, 1.807) is 12.1 Å². The summed E-state index contributed by atoms with van der Waals surface area (Å²) in [5, 5.41) is 5.44. The van der Waals surface area contributed by atoms with E-state index in [1.807, 2.05) is 24.3 Å². The van der Waals surface area contributed by atoms with Crippen LogP contribution < -0.4 is 20.1 Å². The standard InChI is InChI=1S/C17H21N3O5S2/c1-20(2)27(22,23)16-8-7-13(26-16)10-19-17(21)18-9-12-11-24-14-5-3-4-6-15(14)25-12/h3-8,12H,9-11H2,1-2H3,(H2,18,19,21). The highest BCUT2D eigenvalue weighted by atomic mass is 32.2. The second-order valence-corrected chi connectivity index (χ2v) is 9.62. The van der Waals surface area contributed by atoms with Crippen molar-refractivity contribution < 1.29 is 22.7 Å². The van der Waals surface area contributed by atoms with Crippen molar-refractivity contribution in [2.75, 3.05) is 27.2 Å². The first-order valence-corrected chi connectivity index (χ1v) is 10.5. The zero-order valence-electron chi connectivity index (χ0n) is 15.0. The van der Waals surface area contributed by atoms with E-state index in [4.69, 9.17) is 9.47 Å². The Morgan fingerprint density at radius 2 is 1.93 bits per heavy atom. The molecule has 1 aliphatic rings. The van der Waals surface area contributed by atoms with Crippen LogP contribution in [-0.4, -0.2) is 52.1 Å². The average Bonchev–Trinajstić information content (AvgIpc) is 3.14. The van der Waals surface area contributed by atoms with Crippen molar-refractivity contribution in [3.63, 3.8) is 0 Å². The topological polar surface area (TPSA) is 97.0 Å². The van der Waals surface area contributed by atoms with Gasteiger partial charge >= 0.3 is 6.03 Å². The monoisotopic (exact) mass is 411 g/mol. The van der Waals surface area contributed by atoms with Gasteiger partial charge in [0.05, 0.1) is 13.1 Å². The number of urea groups is 1. The third kappa shape index (κ3) is 4.71. The number of carbonyl (C=O) groups excluding carboxylic acids is 1. The van der Waals surface area contributed by atoms with Gasteiger partial charge in [-0.1, -0.05) is 12.1 Å². The Kier molecular flexibility index (Phi) is 5.88. The van der Waals surface area contributed by atoms with Crippen LogP contribution in [0.25, 0.3) is 0 Å². The Balaban J connectivity index is 1.45. The molecule has 0 saturated carbocycles. The third-order valence-electron chi connectivity index (χ3n) is 3.85. The quantitative estimate of drug-likeness (QED) is 0.753. The zero-order valence-corrected chi connectivity index (χ0v) is 16.6. The molecule has 0 fully saturated rings. The van der Waals surface area contributed by atoms with Gasteiger partial charge in [-0.3, -0.25) is 0 Å². The molecule has 1 atom stereocenters. The van der Waals surface area contributed by atoms with E-state index in [9.17, 15) is 13.2 Å². The molecule has 2 heterocycles. The molecule has 3 rings (SSSR count). The van der Waals surface area contributed by atoms with Crippen molar-refractivity contribution in [3.05, 3.63) is 41.3 Å². The van der Waals surface area contributed by atoms with Crippen LogP contribution in [0.5, 0.6) is 11.5 Å². The predicted octanol–water partition coefficient (Wildman–Crippen LogP) is 1.64. The molecule has 27 heavy (non-hydrogen) atoms. The maximum atomic E-state index is 12.1. The van der Waals surface area contributed by atoms with Crippen LogP contribution in [0.15, 0.2) is 40.6 Å². The molecule has 0 spiro atoms. The largest absolute Gasteiger partial charge is 0.486 e. The number of para-hydroxylation sites is 2. The van der Waals surface area contributed by atoms with Crippen LogP contribution in [-0.2, 0) is 16.6 Å². The smallest absolute Gasteiger partial charge is 0.315 e. The first kappa shape index (κ1) is 19.5. The maximum absolute atomic E-state index is 12.1. The molecule has 1 aromatic heterocycles. The highest BCUT2D eigenvalue weighted by Gasteiger charge is 2.21. The van der Waals surface area contributed by atoms with E-state index in [1.165, 1.54) is 14.1 Å². The summed E-state index contributed by atoms with van der Waals surface area (Å²) in [6, 6.07) is 10.2. The Morgan fingerprint density at radius 3 is 2.67 bits per heavy atom. The molecule has 0 aliphatic carbocycles. The number of amides is 2. The maximum Gasteiger partial charge on any atom is 0.315 e. The Morgan fingerprint density at radius 1 is 1.19 bits per heavy atom. The fourth-order valence-electron chi connectivity index (χ4n) is 2.37. The summed E-state index contributed by atoms with van der Waals surface area (Å²) in [6.45, 7) is 0.892. The van der Waals surface area contributed by atoms with Crippen molar-refractivity contribution >= 4 is 27.4 Å². The summed E-state index contributed by atoms with van der Waals surface area (Å²) in [6.07, 6.45) is -0.274. The number of benzene rings is 1. The summed E-state index contributed by atoms with van der Waals surface area (Å²) in [5.41, 5.74) is 0. The molecule has 146 valence electrons. The summed E-state index contributed by atoms with van der Waals surface area (Å²) in [7, 11) is -0.487. The number of sulfonamides is 1. The number of hydrogen-bond donors (Lipinski definition) is 2. The minimum absolute atomic E-state index is 0.240. The number of carbonyl (C=O) groups is 1. The molecule has 1 unspecified atom stereocenters. The zero-order chi connectivity index (χ0) is 19.4. The minimum atomic E-state index is -3.45. The summed E-state index contributed by atoms with van der Waals surface area (Å²) >= 11 is 1.13. The molecule has 1 aromatic carbocycles. The van der Waals surface area contributed by atoms with Gasteiger partial charge in [0.25, 0.3) is 10.0 Å². The van der Waals surface area contributed by atoms with Gasteiger partial charge in [0, 0.05) is 19.0 Å². The summed E-state index contributed by atoms with van der Waals surface area (Å²) in [5.74, 6) is 1.35. The minimum Gasteiger partial charge on any atom is -0.486 e. The molecule has 0 bridgehead atoms. The van der Waals surface area contributed by atoms with E-state index in [2.05, 4.69) is 10.6 Å². The van der Waals surface area contributed by atoms with Crippen molar-refractivity contribution in [3.8, 4) is 11.5 Å². The van der Waals surface area contributed by atoms with Gasteiger partial charge in [-0.15, -0.1) is 11.3 Å². The average molecular weight is 412 g/mol. The van der Waals surface area contributed by atoms with Gasteiger partial charge in [-0.25, -0.2) is 17.5 Å². The number of nitrogens with one attached hydrogen (secondary N) is 2. The van der Waals surface area contributed by atoms with Gasteiger partial charge in [0.1, 0.15) is 10.8 Å². The summed E-state index contributed by atoms with van der Waals surface area (Å²) in [4.78, 5) is 12.7. The SMILES string of the molecule is CN(C)S(=O)(=O)c1ccc(CNC(=O)NCC2COc3ccccc3O2)s1. The van der Waals surface area contributed by atoms with E-state index < -0.39 is 10.0 Å². The number of rotatable bonds is 6. The molecule has 2 N–H and O–H groups in total. The second-order valence-electron chi connectivity index (χ2n) is 6.07. The number of hydrogen-bond acceptors (Lipinski definition) is 6. The van der Waals surface area contributed by atoms with E-state index in [0.29, 0.717) is 24.7 Å². The lowest BCUT2D eigenvalue weighted by Crippen LogP contribution is -2.44. The second kappa shape index (κ2) is 8.15. The third-order valence-corrected chi connectivity index (χ3v) is 7.22. The lowest BCUT2D eigenvalue weighted by atomic mass is 10.2. The number of fused-ring (bicyclic) bond motifs is 1. The van der Waals surface area contributed by atoms with Gasteiger partial charge in [0.15, 0.2) is 17.6 Å². The molecule has 2 amide bonds. The van der Waals surface area contributed by atoms with Crippen molar-refractivity contribution in [2.24, 2.45) is 0 Å². The van der Waals surface area contributed by atoms with Crippen LogP contribution in [0.2, 0.25) is 0 Å². The fraction of sp³-hybridized carbons (Fsp3) is 0.353. The molecule has 10 heteroatoms. The van der Waals surface area contributed by atoms with Gasteiger partial charge in [-0.05, 0) is 24.3 Å². The van der Waals surface area contributed by atoms with Crippen LogP contribution in [0.3, 0.4) is 0 Å². The van der Waals surface area contributed by atoms with Gasteiger partial charge in [0.2, 0.25) is 0 Å².